The first-order valence-electron chi connectivity index (χ1n) is 5.95. The standard InChI is InChI=1S/C14H20S/c1-3-5-12-6-8-13(9-7-12)14(15-2)10-4-11-14/h6-9H,3-5,10-11H2,1-2H3. The highest BCUT2D eigenvalue weighted by molar-refractivity contribution is 7.99. The molecule has 0 unspecified atom stereocenters. The molecule has 0 aromatic heterocycles. The largest absolute Gasteiger partial charge is 0.154 e. The Labute approximate surface area is 97.5 Å². The third kappa shape index (κ3) is 2.08. The van der Waals surface area contributed by atoms with Crippen molar-refractivity contribution in [3.8, 4) is 0 Å². The summed E-state index contributed by atoms with van der Waals surface area (Å²) < 4.78 is 0.463. The maximum Gasteiger partial charge on any atom is 0.0405 e. The Kier molecular flexibility index (Phi) is 3.40. The summed E-state index contributed by atoms with van der Waals surface area (Å²) in [6.45, 7) is 2.24. The smallest absolute Gasteiger partial charge is 0.0405 e. The SMILES string of the molecule is CCCc1ccc(C2(SC)CCC2)cc1. The molecule has 0 amide bonds. The zero-order valence-corrected chi connectivity index (χ0v) is 10.6. The second-order valence-corrected chi connectivity index (χ2v) is 5.69. The highest BCUT2D eigenvalue weighted by Crippen LogP contribution is 2.51. The molecule has 1 heteroatoms. The topological polar surface area (TPSA) is 0 Å². The van der Waals surface area contributed by atoms with Crippen LogP contribution in [0.5, 0.6) is 0 Å². The first-order chi connectivity index (χ1) is 7.30. The minimum Gasteiger partial charge on any atom is -0.154 e. The molecule has 1 aliphatic carbocycles. The van der Waals surface area contributed by atoms with E-state index in [4.69, 9.17) is 0 Å². The molecule has 1 saturated carbocycles. The summed E-state index contributed by atoms with van der Waals surface area (Å²) in [4.78, 5) is 0. The van der Waals surface area contributed by atoms with Crippen LogP contribution in [0.3, 0.4) is 0 Å². The van der Waals surface area contributed by atoms with Gasteiger partial charge in [-0.25, -0.2) is 0 Å². The van der Waals surface area contributed by atoms with Crippen molar-refractivity contribution in [1.82, 2.24) is 0 Å². The monoisotopic (exact) mass is 220 g/mol. The molecule has 1 fully saturated rings. The van der Waals surface area contributed by atoms with Crippen LogP contribution in [-0.4, -0.2) is 6.26 Å². The van der Waals surface area contributed by atoms with E-state index >= 15 is 0 Å². The zero-order valence-electron chi connectivity index (χ0n) is 9.75. The zero-order chi connectivity index (χ0) is 10.7. The Hall–Kier alpha value is -0.430. The molecule has 0 atom stereocenters. The van der Waals surface area contributed by atoms with Gasteiger partial charge in [0, 0.05) is 4.75 Å². The van der Waals surface area contributed by atoms with Crippen LogP contribution in [0.15, 0.2) is 24.3 Å². The molecule has 0 spiro atoms. The van der Waals surface area contributed by atoms with Crippen molar-refractivity contribution >= 4 is 11.8 Å². The van der Waals surface area contributed by atoms with Gasteiger partial charge in [0.05, 0.1) is 0 Å². The summed E-state index contributed by atoms with van der Waals surface area (Å²) in [6.07, 6.45) is 8.83. The Morgan fingerprint density at radius 3 is 2.27 bits per heavy atom. The quantitative estimate of drug-likeness (QED) is 0.725. The van der Waals surface area contributed by atoms with E-state index in [0.29, 0.717) is 4.75 Å². The van der Waals surface area contributed by atoms with Crippen molar-refractivity contribution in [2.24, 2.45) is 0 Å². The van der Waals surface area contributed by atoms with Crippen LogP contribution in [0.4, 0.5) is 0 Å². The lowest BCUT2D eigenvalue weighted by Crippen LogP contribution is -2.29. The van der Waals surface area contributed by atoms with Crippen molar-refractivity contribution < 1.29 is 0 Å². The van der Waals surface area contributed by atoms with E-state index in [0.717, 1.165) is 0 Å². The summed E-state index contributed by atoms with van der Waals surface area (Å²) in [5.74, 6) is 0. The van der Waals surface area contributed by atoms with Gasteiger partial charge in [0.25, 0.3) is 0 Å². The molecule has 0 N–H and O–H groups in total. The predicted octanol–water partition coefficient (Wildman–Crippen LogP) is 4.38. The number of benzene rings is 1. The van der Waals surface area contributed by atoms with E-state index in [1.165, 1.54) is 37.7 Å². The lowest BCUT2D eigenvalue weighted by molar-refractivity contribution is 0.374. The lowest BCUT2D eigenvalue weighted by Gasteiger charge is -2.41. The van der Waals surface area contributed by atoms with Crippen LogP contribution in [0.25, 0.3) is 0 Å². The molecular formula is C14H20S. The van der Waals surface area contributed by atoms with E-state index in [1.807, 2.05) is 11.8 Å². The second-order valence-electron chi connectivity index (χ2n) is 4.50. The van der Waals surface area contributed by atoms with Gasteiger partial charge in [0.15, 0.2) is 0 Å². The van der Waals surface area contributed by atoms with E-state index in [2.05, 4.69) is 37.4 Å². The highest BCUT2D eigenvalue weighted by Gasteiger charge is 2.37. The summed E-state index contributed by atoms with van der Waals surface area (Å²) in [5, 5.41) is 0. The Morgan fingerprint density at radius 1 is 1.20 bits per heavy atom. The maximum absolute atomic E-state index is 2.35. The molecule has 0 radical (unpaired) electrons. The molecule has 82 valence electrons. The summed E-state index contributed by atoms with van der Waals surface area (Å²) in [6, 6.07) is 9.32. The third-order valence-corrected chi connectivity index (χ3v) is 5.00. The van der Waals surface area contributed by atoms with Crippen LogP contribution in [0, 0.1) is 0 Å². The number of hydrogen-bond acceptors (Lipinski definition) is 1. The van der Waals surface area contributed by atoms with Crippen LogP contribution in [0.2, 0.25) is 0 Å². The Balaban J connectivity index is 2.15. The van der Waals surface area contributed by atoms with Crippen molar-refractivity contribution in [2.75, 3.05) is 6.26 Å². The summed E-state index contributed by atoms with van der Waals surface area (Å²) in [5.41, 5.74) is 3.03. The molecule has 0 aliphatic heterocycles. The number of rotatable bonds is 4. The second kappa shape index (κ2) is 4.61. The molecule has 0 saturated heterocycles. The molecule has 0 bridgehead atoms. The molecule has 2 rings (SSSR count). The third-order valence-electron chi connectivity index (χ3n) is 3.57. The van der Waals surface area contributed by atoms with Crippen molar-refractivity contribution in [2.45, 2.75) is 43.8 Å². The van der Waals surface area contributed by atoms with Crippen molar-refractivity contribution in [1.29, 1.82) is 0 Å². The van der Waals surface area contributed by atoms with E-state index in [9.17, 15) is 0 Å². The molecule has 1 aromatic carbocycles. The lowest BCUT2D eigenvalue weighted by atomic mass is 9.78. The van der Waals surface area contributed by atoms with Gasteiger partial charge in [0.1, 0.15) is 0 Å². The van der Waals surface area contributed by atoms with E-state index in [-0.39, 0.29) is 0 Å². The fourth-order valence-electron chi connectivity index (χ4n) is 2.37. The van der Waals surface area contributed by atoms with Crippen molar-refractivity contribution in [3.63, 3.8) is 0 Å². The average molecular weight is 220 g/mol. The van der Waals surface area contributed by atoms with E-state index in [1.54, 1.807) is 5.56 Å². The normalized spacial score (nSPS) is 18.5. The van der Waals surface area contributed by atoms with E-state index < -0.39 is 0 Å². The first kappa shape index (κ1) is 11.1. The first-order valence-corrected chi connectivity index (χ1v) is 7.18. The minimum atomic E-state index is 0.463. The van der Waals surface area contributed by atoms with Gasteiger partial charge in [-0.1, -0.05) is 44.0 Å². The van der Waals surface area contributed by atoms with Crippen LogP contribution >= 0.6 is 11.8 Å². The highest BCUT2D eigenvalue weighted by atomic mass is 32.2. The fraction of sp³-hybridized carbons (Fsp3) is 0.571. The Morgan fingerprint density at radius 2 is 1.87 bits per heavy atom. The van der Waals surface area contributed by atoms with Crippen LogP contribution in [-0.2, 0) is 11.2 Å². The van der Waals surface area contributed by atoms with Gasteiger partial charge in [-0.05, 0) is 36.6 Å². The van der Waals surface area contributed by atoms with Gasteiger partial charge in [-0.2, -0.15) is 11.8 Å². The number of hydrogen-bond donors (Lipinski definition) is 0. The van der Waals surface area contributed by atoms with Crippen LogP contribution < -0.4 is 0 Å². The average Bonchev–Trinajstić information content (AvgIpc) is 2.20. The molecular weight excluding hydrogens is 200 g/mol. The predicted molar refractivity (Wildman–Crippen MR) is 69.5 cm³/mol. The molecule has 1 aromatic rings. The number of thioether (sulfide) groups is 1. The van der Waals surface area contributed by atoms with Gasteiger partial charge < -0.3 is 0 Å². The van der Waals surface area contributed by atoms with Crippen LogP contribution in [0.1, 0.15) is 43.7 Å². The van der Waals surface area contributed by atoms with Gasteiger partial charge in [-0.3, -0.25) is 0 Å². The molecule has 1 aliphatic rings. The number of aryl methyl sites for hydroxylation is 1. The van der Waals surface area contributed by atoms with Crippen molar-refractivity contribution in [3.05, 3.63) is 35.4 Å². The minimum absolute atomic E-state index is 0.463. The molecule has 0 nitrogen and oxygen atoms in total. The molecule has 0 heterocycles. The molecule has 15 heavy (non-hydrogen) atoms. The van der Waals surface area contributed by atoms with Gasteiger partial charge in [0.2, 0.25) is 0 Å². The Bertz CT molecular complexity index is 303. The summed E-state index contributed by atoms with van der Waals surface area (Å²) in [7, 11) is 0. The van der Waals surface area contributed by atoms with Gasteiger partial charge >= 0.3 is 0 Å². The fourth-order valence-corrected chi connectivity index (χ4v) is 3.44. The van der Waals surface area contributed by atoms with Gasteiger partial charge in [-0.15, -0.1) is 0 Å². The maximum atomic E-state index is 2.35. The summed E-state index contributed by atoms with van der Waals surface area (Å²) >= 11 is 2.03.